The number of hydrogen-bond donors (Lipinski definition) is 0. The monoisotopic (exact) mass is 390 g/mol. The lowest BCUT2D eigenvalue weighted by atomic mass is 9.93. The van der Waals surface area contributed by atoms with Crippen LogP contribution in [-0.4, -0.2) is 28.9 Å². The van der Waals surface area contributed by atoms with Gasteiger partial charge in [0.2, 0.25) is 0 Å². The number of benzene rings is 2. The van der Waals surface area contributed by atoms with Crippen LogP contribution in [-0.2, 0) is 0 Å². The van der Waals surface area contributed by atoms with E-state index in [1.807, 2.05) is 58.3 Å². The highest BCUT2D eigenvalue weighted by Gasteiger charge is 2.46. The molecule has 3 rings (SSSR count). The van der Waals surface area contributed by atoms with Crippen molar-refractivity contribution in [3.63, 3.8) is 0 Å². The molecule has 0 N–H and O–H groups in total. The second-order valence-electron chi connectivity index (χ2n) is 6.66. The quantitative estimate of drug-likeness (QED) is 0.564. The second-order valence-corrected chi connectivity index (χ2v) is 7.54. The maximum atomic E-state index is 13.2. The van der Waals surface area contributed by atoms with Crippen LogP contribution in [0.2, 0.25) is 10.0 Å². The fraction of sp³-hybridized carbons (Fsp3) is 0.381. The molecule has 1 aliphatic heterocycles. The van der Waals surface area contributed by atoms with Gasteiger partial charge in [0.05, 0.1) is 12.1 Å². The Labute approximate surface area is 165 Å². The van der Waals surface area contributed by atoms with Crippen LogP contribution < -0.4 is 0 Å². The summed E-state index contributed by atoms with van der Waals surface area (Å²) in [6.07, 6.45) is 1.84. The number of nitrogens with zero attached hydrogens (tertiary/aromatic N) is 2. The molecule has 0 aliphatic carbocycles. The zero-order chi connectivity index (χ0) is 18.7. The average Bonchev–Trinajstić information content (AvgIpc) is 2.90. The molecule has 138 valence electrons. The standard InChI is InChI=1S/C21H24Cl2N2O/c1-3-13-24-19(15-5-9-17(22)10-6-15)20(25(14-4-2)21(24)26)16-7-11-18(23)12-8-16/h5-12,19-20H,3-4,13-14H2,1-2H3/t19-,20-/m1/s1. The topological polar surface area (TPSA) is 23.6 Å². The van der Waals surface area contributed by atoms with Crippen molar-refractivity contribution in [2.75, 3.05) is 13.1 Å². The summed E-state index contributed by atoms with van der Waals surface area (Å²) in [5.41, 5.74) is 2.21. The summed E-state index contributed by atoms with van der Waals surface area (Å²) in [4.78, 5) is 17.2. The number of halogens is 2. The number of urea groups is 1. The van der Waals surface area contributed by atoms with Gasteiger partial charge in [0, 0.05) is 23.1 Å². The Morgan fingerprint density at radius 2 is 1.08 bits per heavy atom. The smallest absolute Gasteiger partial charge is 0.315 e. The van der Waals surface area contributed by atoms with Gasteiger partial charge in [-0.15, -0.1) is 0 Å². The van der Waals surface area contributed by atoms with Crippen molar-refractivity contribution < 1.29 is 4.79 Å². The molecule has 0 radical (unpaired) electrons. The second kappa shape index (κ2) is 8.32. The third-order valence-electron chi connectivity index (χ3n) is 4.81. The summed E-state index contributed by atoms with van der Waals surface area (Å²) in [6.45, 7) is 5.67. The van der Waals surface area contributed by atoms with Crippen LogP contribution in [0.3, 0.4) is 0 Å². The SMILES string of the molecule is CCCN1C(=O)N(CCC)[C@H](c2ccc(Cl)cc2)[C@H]1c1ccc(Cl)cc1. The number of hydrogen-bond acceptors (Lipinski definition) is 1. The number of carbonyl (C=O) groups is 1. The molecule has 0 saturated carbocycles. The average molecular weight is 391 g/mol. The Bertz CT molecular complexity index is 682. The molecule has 1 aliphatic rings. The molecule has 1 saturated heterocycles. The van der Waals surface area contributed by atoms with Gasteiger partial charge in [0.15, 0.2) is 0 Å². The van der Waals surface area contributed by atoms with Gasteiger partial charge < -0.3 is 9.80 Å². The Morgan fingerprint density at radius 1 is 0.731 bits per heavy atom. The number of carbonyl (C=O) groups excluding carboxylic acids is 1. The first-order chi connectivity index (χ1) is 12.6. The van der Waals surface area contributed by atoms with Gasteiger partial charge >= 0.3 is 6.03 Å². The van der Waals surface area contributed by atoms with Gasteiger partial charge in [-0.2, -0.15) is 0 Å². The van der Waals surface area contributed by atoms with Gasteiger partial charge in [-0.3, -0.25) is 0 Å². The Morgan fingerprint density at radius 3 is 1.38 bits per heavy atom. The van der Waals surface area contributed by atoms with Crippen LogP contribution in [0.15, 0.2) is 48.5 Å². The molecule has 1 heterocycles. The summed E-state index contributed by atoms with van der Waals surface area (Å²) in [6, 6.07) is 15.7. The molecule has 3 nitrogen and oxygen atoms in total. The fourth-order valence-electron chi connectivity index (χ4n) is 3.74. The van der Waals surface area contributed by atoms with Crippen LogP contribution in [0.5, 0.6) is 0 Å². The molecule has 1 fully saturated rings. The highest BCUT2D eigenvalue weighted by Crippen LogP contribution is 2.45. The number of amides is 2. The van der Waals surface area contributed by atoms with Crippen LogP contribution in [0.4, 0.5) is 4.79 Å². The van der Waals surface area contributed by atoms with E-state index in [0.29, 0.717) is 10.0 Å². The molecule has 0 bridgehead atoms. The first-order valence-corrected chi connectivity index (χ1v) is 9.90. The predicted molar refractivity (Wildman–Crippen MR) is 108 cm³/mol. The van der Waals surface area contributed by atoms with Crippen molar-refractivity contribution >= 4 is 29.2 Å². The van der Waals surface area contributed by atoms with Gasteiger partial charge in [-0.25, -0.2) is 4.79 Å². The van der Waals surface area contributed by atoms with Crippen LogP contribution >= 0.6 is 23.2 Å². The van der Waals surface area contributed by atoms with Gasteiger partial charge in [0.25, 0.3) is 0 Å². The minimum absolute atomic E-state index is 0.0348. The van der Waals surface area contributed by atoms with Crippen molar-refractivity contribution in [3.8, 4) is 0 Å². The van der Waals surface area contributed by atoms with Crippen molar-refractivity contribution in [2.24, 2.45) is 0 Å². The van der Waals surface area contributed by atoms with Crippen LogP contribution in [0, 0.1) is 0 Å². The summed E-state index contributed by atoms with van der Waals surface area (Å²) in [7, 11) is 0. The zero-order valence-corrected chi connectivity index (χ0v) is 16.7. The number of rotatable bonds is 6. The normalized spacial score (nSPS) is 20.1. The highest BCUT2D eigenvalue weighted by atomic mass is 35.5. The van der Waals surface area contributed by atoms with Crippen LogP contribution in [0.1, 0.15) is 49.9 Å². The lowest BCUT2D eigenvalue weighted by molar-refractivity contribution is 0.184. The van der Waals surface area contributed by atoms with E-state index in [9.17, 15) is 4.79 Å². The summed E-state index contributed by atoms with van der Waals surface area (Å²) >= 11 is 12.2. The third kappa shape index (κ3) is 3.70. The van der Waals surface area contributed by atoms with Gasteiger partial charge in [-0.1, -0.05) is 61.3 Å². The Kier molecular flexibility index (Phi) is 6.10. The molecular weight excluding hydrogens is 367 g/mol. The molecule has 0 spiro atoms. The largest absolute Gasteiger partial charge is 0.321 e. The highest BCUT2D eigenvalue weighted by molar-refractivity contribution is 6.30. The van der Waals surface area contributed by atoms with Crippen LogP contribution in [0.25, 0.3) is 0 Å². The molecule has 26 heavy (non-hydrogen) atoms. The minimum atomic E-state index is -0.0348. The molecule has 0 aromatic heterocycles. The van der Waals surface area contributed by atoms with E-state index in [1.165, 1.54) is 0 Å². The summed E-state index contributed by atoms with van der Waals surface area (Å²) in [5.74, 6) is 0. The maximum Gasteiger partial charge on any atom is 0.321 e. The molecule has 5 heteroatoms. The van der Waals surface area contributed by atoms with E-state index < -0.39 is 0 Å². The molecule has 2 aromatic carbocycles. The third-order valence-corrected chi connectivity index (χ3v) is 5.32. The fourth-order valence-corrected chi connectivity index (χ4v) is 3.99. The predicted octanol–water partition coefficient (Wildman–Crippen LogP) is 6.33. The van der Waals surface area contributed by atoms with E-state index in [4.69, 9.17) is 23.2 Å². The van der Waals surface area contributed by atoms with E-state index in [2.05, 4.69) is 13.8 Å². The maximum absolute atomic E-state index is 13.2. The van der Waals surface area contributed by atoms with E-state index in [0.717, 1.165) is 37.1 Å². The van der Waals surface area contributed by atoms with Crippen molar-refractivity contribution in [1.82, 2.24) is 9.80 Å². The molecular formula is C21H24Cl2N2O. The molecule has 2 atom stereocenters. The van der Waals surface area contributed by atoms with E-state index in [1.54, 1.807) is 0 Å². The van der Waals surface area contributed by atoms with Crippen molar-refractivity contribution in [2.45, 2.75) is 38.8 Å². The zero-order valence-electron chi connectivity index (χ0n) is 15.2. The first-order valence-electron chi connectivity index (χ1n) is 9.15. The van der Waals surface area contributed by atoms with Gasteiger partial charge in [-0.05, 0) is 48.2 Å². The first kappa shape index (κ1) is 19.1. The summed E-state index contributed by atoms with van der Waals surface area (Å²) < 4.78 is 0. The van der Waals surface area contributed by atoms with Crippen molar-refractivity contribution in [1.29, 1.82) is 0 Å². The lowest BCUT2D eigenvalue weighted by Crippen LogP contribution is -2.33. The van der Waals surface area contributed by atoms with Crippen molar-refractivity contribution in [3.05, 3.63) is 69.7 Å². The van der Waals surface area contributed by atoms with E-state index >= 15 is 0 Å². The molecule has 2 amide bonds. The molecule has 0 unspecified atom stereocenters. The minimum Gasteiger partial charge on any atom is -0.315 e. The van der Waals surface area contributed by atoms with Gasteiger partial charge in [0.1, 0.15) is 0 Å². The molecule has 2 aromatic rings. The summed E-state index contributed by atoms with van der Waals surface area (Å²) in [5, 5.41) is 1.40. The Hall–Kier alpha value is -1.71. The lowest BCUT2D eigenvalue weighted by Gasteiger charge is -2.29. The van der Waals surface area contributed by atoms with E-state index in [-0.39, 0.29) is 18.1 Å². The Balaban J connectivity index is 2.10.